The molecule has 0 saturated heterocycles. The topological polar surface area (TPSA) is 51.0 Å². The fraction of sp³-hybridized carbons (Fsp3) is 0.818. The highest BCUT2D eigenvalue weighted by molar-refractivity contribution is 4.82. The van der Waals surface area contributed by atoms with Crippen LogP contribution in [0.15, 0.2) is 4.42 Å². The molecule has 0 atom stereocenters. The van der Waals surface area contributed by atoms with Gasteiger partial charge in [-0.3, -0.25) is 0 Å². The number of nitrogens with zero attached hydrogens (tertiary/aromatic N) is 2. The van der Waals surface area contributed by atoms with Crippen LogP contribution in [-0.2, 0) is 12.8 Å². The summed E-state index contributed by atoms with van der Waals surface area (Å²) >= 11 is 0. The Balaban J connectivity index is 2.14. The molecule has 86 valence electrons. The van der Waals surface area contributed by atoms with Crippen LogP contribution in [0.25, 0.3) is 0 Å². The van der Waals surface area contributed by atoms with Gasteiger partial charge in [0.15, 0.2) is 0 Å². The summed E-state index contributed by atoms with van der Waals surface area (Å²) in [6, 6.07) is 0. The van der Waals surface area contributed by atoms with Crippen LogP contribution in [0.2, 0.25) is 0 Å². The molecule has 0 aromatic carbocycles. The monoisotopic (exact) mass is 211 g/mol. The number of aromatic nitrogens is 2. The first-order chi connectivity index (χ1) is 7.36. The highest BCUT2D eigenvalue weighted by Crippen LogP contribution is 2.04. The second-order valence-corrected chi connectivity index (χ2v) is 3.69. The minimum Gasteiger partial charge on any atom is -0.425 e. The lowest BCUT2D eigenvalue weighted by Gasteiger charge is -1.99. The first-order valence-corrected chi connectivity index (χ1v) is 5.88. The molecule has 0 aliphatic carbocycles. The Hall–Kier alpha value is -0.900. The molecule has 1 N–H and O–H groups in total. The molecule has 0 aliphatic heterocycles. The average Bonchev–Trinajstić information content (AvgIpc) is 2.66. The second-order valence-electron chi connectivity index (χ2n) is 3.69. The van der Waals surface area contributed by atoms with E-state index in [9.17, 15) is 0 Å². The van der Waals surface area contributed by atoms with E-state index >= 15 is 0 Å². The molecule has 0 aliphatic rings. The van der Waals surface area contributed by atoms with Crippen LogP contribution >= 0.6 is 0 Å². The molecule has 0 radical (unpaired) electrons. The lowest BCUT2D eigenvalue weighted by molar-refractivity contribution is 0.440. The average molecular weight is 211 g/mol. The molecule has 0 fully saturated rings. The van der Waals surface area contributed by atoms with Gasteiger partial charge in [-0.05, 0) is 32.4 Å². The van der Waals surface area contributed by atoms with Gasteiger partial charge in [0, 0.05) is 12.8 Å². The van der Waals surface area contributed by atoms with Gasteiger partial charge in [-0.2, -0.15) is 0 Å². The standard InChI is InChI=1S/C11H21N3O/c1-3-6-10-13-14-11(15-10)7-5-9-12-8-4-2/h12H,3-9H2,1-2H3. The lowest BCUT2D eigenvalue weighted by Crippen LogP contribution is -2.16. The summed E-state index contributed by atoms with van der Waals surface area (Å²) in [7, 11) is 0. The highest BCUT2D eigenvalue weighted by atomic mass is 16.4. The zero-order chi connectivity index (χ0) is 10.9. The molecule has 0 amide bonds. The molecule has 1 aromatic heterocycles. The molecule has 0 unspecified atom stereocenters. The molecule has 1 heterocycles. The predicted octanol–water partition coefficient (Wildman–Crippen LogP) is 1.95. The third kappa shape index (κ3) is 4.93. The van der Waals surface area contributed by atoms with E-state index in [4.69, 9.17) is 4.42 Å². The normalized spacial score (nSPS) is 10.8. The van der Waals surface area contributed by atoms with Gasteiger partial charge in [-0.1, -0.05) is 13.8 Å². The lowest BCUT2D eigenvalue weighted by atomic mass is 10.3. The second kappa shape index (κ2) is 7.40. The van der Waals surface area contributed by atoms with Crippen LogP contribution in [0.1, 0.15) is 44.9 Å². The first-order valence-electron chi connectivity index (χ1n) is 5.88. The number of nitrogens with one attached hydrogen (secondary N) is 1. The van der Waals surface area contributed by atoms with Crippen molar-refractivity contribution in [2.24, 2.45) is 0 Å². The Bertz CT molecular complexity index is 260. The van der Waals surface area contributed by atoms with E-state index in [1.165, 1.54) is 6.42 Å². The summed E-state index contributed by atoms with van der Waals surface area (Å²) in [5.41, 5.74) is 0. The first kappa shape index (κ1) is 12.2. The van der Waals surface area contributed by atoms with Crippen LogP contribution < -0.4 is 5.32 Å². The van der Waals surface area contributed by atoms with Crippen molar-refractivity contribution >= 4 is 0 Å². The van der Waals surface area contributed by atoms with Crippen LogP contribution in [0.4, 0.5) is 0 Å². The Labute approximate surface area is 91.5 Å². The van der Waals surface area contributed by atoms with Crippen molar-refractivity contribution in [3.63, 3.8) is 0 Å². The fourth-order valence-electron chi connectivity index (χ4n) is 1.37. The van der Waals surface area contributed by atoms with E-state index in [1.54, 1.807) is 0 Å². The molecular weight excluding hydrogens is 190 g/mol. The summed E-state index contributed by atoms with van der Waals surface area (Å²) in [5, 5.41) is 11.3. The third-order valence-electron chi connectivity index (χ3n) is 2.14. The SMILES string of the molecule is CCCNCCCc1nnc(CCC)o1. The van der Waals surface area contributed by atoms with Gasteiger partial charge in [0.25, 0.3) is 0 Å². The molecular formula is C11H21N3O. The van der Waals surface area contributed by atoms with E-state index in [0.717, 1.165) is 50.6 Å². The number of hydrogen-bond donors (Lipinski definition) is 1. The zero-order valence-corrected chi connectivity index (χ0v) is 9.75. The number of rotatable bonds is 8. The largest absolute Gasteiger partial charge is 0.425 e. The van der Waals surface area contributed by atoms with E-state index in [2.05, 4.69) is 29.4 Å². The maximum Gasteiger partial charge on any atom is 0.216 e. The van der Waals surface area contributed by atoms with Crippen LogP contribution in [0.5, 0.6) is 0 Å². The van der Waals surface area contributed by atoms with Crippen molar-refractivity contribution in [3.8, 4) is 0 Å². The summed E-state index contributed by atoms with van der Waals surface area (Å²) in [5.74, 6) is 1.55. The van der Waals surface area contributed by atoms with E-state index in [1.807, 2.05) is 0 Å². The smallest absolute Gasteiger partial charge is 0.216 e. The summed E-state index contributed by atoms with van der Waals surface area (Å²) in [6.45, 7) is 6.39. The maximum absolute atomic E-state index is 5.48. The van der Waals surface area contributed by atoms with Crippen LogP contribution in [0, 0.1) is 0 Å². The Morgan fingerprint density at radius 3 is 2.40 bits per heavy atom. The molecule has 4 heteroatoms. The van der Waals surface area contributed by atoms with E-state index in [0.29, 0.717) is 0 Å². The van der Waals surface area contributed by atoms with Crippen molar-refractivity contribution in [2.75, 3.05) is 13.1 Å². The van der Waals surface area contributed by atoms with Crippen molar-refractivity contribution in [1.82, 2.24) is 15.5 Å². The third-order valence-corrected chi connectivity index (χ3v) is 2.14. The van der Waals surface area contributed by atoms with Crippen LogP contribution in [0.3, 0.4) is 0 Å². The zero-order valence-electron chi connectivity index (χ0n) is 9.75. The quantitative estimate of drug-likeness (QED) is 0.668. The van der Waals surface area contributed by atoms with Gasteiger partial charge in [0.2, 0.25) is 11.8 Å². The van der Waals surface area contributed by atoms with Crippen LogP contribution in [-0.4, -0.2) is 23.3 Å². The van der Waals surface area contributed by atoms with Gasteiger partial charge in [0.1, 0.15) is 0 Å². The van der Waals surface area contributed by atoms with Crippen molar-refractivity contribution < 1.29 is 4.42 Å². The van der Waals surface area contributed by atoms with Gasteiger partial charge in [-0.25, -0.2) is 0 Å². The minimum absolute atomic E-state index is 0.772. The van der Waals surface area contributed by atoms with E-state index in [-0.39, 0.29) is 0 Å². The van der Waals surface area contributed by atoms with Gasteiger partial charge in [-0.15, -0.1) is 10.2 Å². The Morgan fingerprint density at radius 2 is 1.73 bits per heavy atom. The Kier molecular flexibility index (Phi) is 6.00. The van der Waals surface area contributed by atoms with Gasteiger partial charge in [0.05, 0.1) is 0 Å². The molecule has 0 spiro atoms. The minimum atomic E-state index is 0.772. The number of aryl methyl sites for hydroxylation is 2. The molecule has 0 saturated carbocycles. The van der Waals surface area contributed by atoms with Crippen molar-refractivity contribution in [2.45, 2.75) is 46.0 Å². The highest BCUT2D eigenvalue weighted by Gasteiger charge is 2.03. The molecule has 4 nitrogen and oxygen atoms in total. The molecule has 15 heavy (non-hydrogen) atoms. The van der Waals surface area contributed by atoms with Crippen molar-refractivity contribution in [3.05, 3.63) is 11.8 Å². The number of hydrogen-bond acceptors (Lipinski definition) is 4. The fourth-order valence-corrected chi connectivity index (χ4v) is 1.37. The molecule has 1 rings (SSSR count). The van der Waals surface area contributed by atoms with Crippen molar-refractivity contribution in [1.29, 1.82) is 0 Å². The van der Waals surface area contributed by atoms with Gasteiger partial charge >= 0.3 is 0 Å². The summed E-state index contributed by atoms with van der Waals surface area (Å²) in [4.78, 5) is 0. The van der Waals surface area contributed by atoms with E-state index < -0.39 is 0 Å². The summed E-state index contributed by atoms with van der Waals surface area (Å²) < 4.78 is 5.48. The van der Waals surface area contributed by atoms with Gasteiger partial charge < -0.3 is 9.73 Å². The summed E-state index contributed by atoms with van der Waals surface area (Å²) in [6.07, 6.45) is 5.07. The maximum atomic E-state index is 5.48. The molecule has 0 bridgehead atoms. The molecule has 1 aromatic rings. The Morgan fingerprint density at radius 1 is 1.00 bits per heavy atom. The predicted molar refractivity (Wildman–Crippen MR) is 59.8 cm³/mol.